The molecule has 2 aromatic carbocycles. The number of nitrogens with zero attached hydrogens (tertiary/aromatic N) is 1. The fourth-order valence-electron chi connectivity index (χ4n) is 2.30. The van der Waals surface area contributed by atoms with E-state index in [2.05, 4.69) is 5.16 Å². The Morgan fingerprint density at radius 3 is 2.54 bits per heavy atom. The van der Waals surface area contributed by atoms with Crippen molar-refractivity contribution >= 4 is 17.5 Å². The van der Waals surface area contributed by atoms with Gasteiger partial charge in [-0.05, 0) is 43.3 Å². The first-order chi connectivity index (χ1) is 13.4. The van der Waals surface area contributed by atoms with Crippen molar-refractivity contribution in [2.75, 3.05) is 20.0 Å². The molecule has 0 fully saturated rings. The number of hydrogen-bond donors (Lipinski definition) is 0. The maximum atomic E-state index is 13.1. The fraction of sp³-hybridized carbons (Fsp3) is 0.211. The first-order valence-corrected chi connectivity index (χ1v) is 8.14. The Morgan fingerprint density at radius 1 is 1.00 bits per heavy atom. The molecule has 7 nitrogen and oxygen atoms in total. The number of benzene rings is 2. The molecule has 28 heavy (non-hydrogen) atoms. The number of hydrogen-bond acceptors (Lipinski definition) is 7. The first kappa shape index (κ1) is 19.3. The van der Waals surface area contributed by atoms with Crippen molar-refractivity contribution in [2.45, 2.75) is 6.92 Å². The van der Waals surface area contributed by atoms with Crippen molar-refractivity contribution in [1.29, 1.82) is 0 Å². The molecular formula is C19H15F2NO6. The van der Waals surface area contributed by atoms with Crippen LogP contribution >= 0.6 is 0 Å². The monoisotopic (exact) mass is 391 g/mol. The summed E-state index contributed by atoms with van der Waals surface area (Å²) in [6.07, 6.45) is 0. The quantitative estimate of drug-likeness (QED) is 0.312. The van der Waals surface area contributed by atoms with Crippen molar-refractivity contribution in [3.8, 4) is 11.5 Å². The van der Waals surface area contributed by atoms with Gasteiger partial charge < -0.3 is 19.0 Å². The molecule has 0 aromatic heterocycles. The molecule has 0 N–H and O–H groups in total. The SMILES string of the molecule is C/C(=N/OCC(=O)OCC(=O)c1ccc(F)c(F)c1)c1ccc2c(c1)OCO2. The molecule has 0 bridgehead atoms. The first-order valence-electron chi connectivity index (χ1n) is 8.14. The van der Waals surface area contributed by atoms with Gasteiger partial charge in [0.1, 0.15) is 0 Å². The Bertz CT molecular complexity index is 944. The highest BCUT2D eigenvalue weighted by atomic mass is 19.2. The minimum atomic E-state index is -1.16. The highest BCUT2D eigenvalue weighted by Gasteiger charge is 2.15. The van der Waals surface area contributed by atoms with Gasteiger partial charge in [0.05, 0.1) is 5.71 Å². The van der Waals surface area contributed by atoms with Gasteiger partial charge in [-0.15, -0.1) is 0 Å². The van der Waals surface area contributed by atoms with Crippen molar-refractivity contribution in [3.05, 3.63) is 59.2 Å². The normalized spacial score (nSPS) is 12.6. The predicted octanol–water partition coefficient (Wildman–Crippen LogP) is 2.86. The van der Waals surface area contributed by atoms with Gasteiger partial charge in [0.25, 0.3) is 0 Å². The van der Waals surface area contributed by atoms with Gasteiger partial charge >= 0.3 is 5.97 Å². The Kier molecular flexibility index (Phi) is 5.83. The molecule has 0 radical (unpaired) electrons. The van der Waals surface area contributed by atoms with Crippen LogP contribution in [0.1, 0.15) is 22.8 Å². The summed E-state index contributed by atoms with van der Waals surface area (Å²) in [5, 5.41) is 3.81. The second-order valence-electron chi connectivity index (χ2n) is 5.73. The number of carbonyl (C=O) groups excluding carboxylic acids is 2. The fourth-order valence-corrected chi connectivity index (χ4v) is 2.30. The average Bonchev–Trinajstić information content (AvgIpc) is 3.16. The number of rotatable bonds is 7. The second kappa shape index (κ2) is 8.47. The van der Waals surface area contributed by atoms with Crippen molar-refractivity contribution in [1.82, 2.24) is 0 Å². The Labute approximate surface area is 158 Å². The van der Waals surface area contributed by atoms with E-state index in [1.165, 1.54) is 0 Å². The highest BCUT2D eigenvalue weighted by Crippen LogP contribution is 2.32. The van der Waals surface area contributed by atoms with Gasteiger partial charge in [-0.1, -0.05) is 5.16 Å². The van der Waals surface area contributed by atoms with Gasteiger partial charge in [0.15, 0.2) is 35.5 Å². The van der Waals surface area contributed by atoms with E-state index in [4.69, 9.17) is 19.0 Å². The van der Waals surface area contributed by atoms with Gasteiger partial charge in [0.2, 0.25) is 13.4 Å². The molecule has 0 saturated carbocycles. The van der Waals surface area contributed by atoms with Crippen LogP contribution in [0.2, 0.25) is 0 Å². The maximum absolute atomic E-state index is 13.1. The van der Waals surface area contributed by atoms with Gasteiger partial charge in [-0.3, -0.25) is 4.79 Å². The number of fused-ring (bicyclic) bond motifs is 1. The molecule has 0 aliphatic carbocycles. The lowest BCUT2D eigenvalue weighted by atomic mass is 10.1. The summed E-state index contributed by atoms with van der Waals surface area (Å²) in [6, 6.07) is 7.87. The van der Waals surface area contributed by atoms with Crippen LogP contribution in [0.25, 0.3) is 0 Å². The number of oxime groups is 1. The van der Waals surface area contributed by atoms with Crippen molar-refractivity contribution < 1.29 is 37.4 Å². The van der Waals surface area contributed by atoms with Crippen LogP contribution < -0.4 is 9.47 Å². The van der Waals surface area contributed by atoms with E-state index in [-0.39, 0.29) is 12.4 Å². The van der Waals surface area contributed by atoms with E-state index >= 15 is 0 Å². The zero-order valence-electron chi connectivity index (χ0n) is 14.7. The molecule has 9 heteroatoms. The van der Waals surface area contributed by atoms with E-state index in [1.807, 2.05) is 0 Å². The zero-order valence-corrected chi connectivity index (χ0v) is 14.7. The van der Waals surface area contributed by atoms with Crippen molar-refractivity contribution in [3.63, 3.8) is 0 Å². The van der Waals surface area contributed by atoms with Crippen LogP contribution in [-0.2, 0) is 14.4 Å². The third kappa shape index (κ3) is 4.61. The lowest BCUT2D eigenvalue weighted by Gasteiger charge is -2.05. The summed E-state index contributed by atoms with van der Waals surface area (Å²) >= 11 is 0. The van der Waals surface area contributed by atoms with E-state index in [0.29, 0.717) is 22.8 Å². The minimum absolute atomic E-state index is 0.107. The largest absolute Gasteiger partial charge is 0.455 e. The van der Waals surface area contributed by atoms with E-state index in [9.17, 15) is 18.4 Å². The molecule has 0 atom stereocenters. The zero-order chi connectivity index (χ0) is 20.1. The number of Topliss-reactive ketones (excluding diaryl/α,β-unsaturated/α-hetero) is 1. The molecule has 3 rings (SSSR count). The van der Waals surface area contributed by atoms with Crippen molar-refractivity contribution in [2.24, 2.45) is 5.16 Å². The molecule has 0 amide bonds. The predicted molar refractivity (Wildman–Crippen MR) is 92.4 cm³/mol. The molecular weight excluding hydrogens is 376 g/mol. The number of carbonyl (C=O) groups is 2. The second-order valence-corrected chi connectivity index (χ2v) is 5.73. The van der Waals surface area contributed by atoms with Crippen LogP contribution in [-0.4, -0.2) is 37.5 Å². The summed E-state index contributed by atoms with van der Waals surface area (Å²) in [6.45, 7) is 0.682. The number of esters is 1. The summed E-state index contributed by atoms with van der Waals surface area (Å²) < 4.78 is 41.2. The molecule has 146 valence electrons. The van der Waals surface area contributed by atoms with E-state index in [1.54, 1.807) is 25.1 Å². The van der Waals surface area contributed by atoms with Crippen LogP contribution in [0.15, 0.2) is 41.6 Å². The number of ether oxygens (including phenoxy) is 3. The highest BCUT2D eigenvalue weighted by molar-refractivity contribution is 5.99. The topological polar surface area (TPSA) is 83.4 Å². The third-order valence-corrected chi connectivity index (χ3v) is 3.78. The van der Waals surface area contributed by atoms with E-state index < -0.39 is 36.6 Å². The summed E-state index contributed by atoms with van der Waals surface area (Å²) in [5.74, 6) is -2.52. The molecule has 2 aromatic rings. The van der Waals surface area contributed by atoms with Gasteiger partial charge in [-0.2, -0.15) is 0 Å². The Morgan fingerprint density at radius 2 is 1.75 bits per heavy atom. The third-order valence-electron chi connectivity index (χ3n) is 3.78. The smallest absolute Gasteiger partial charge is 0.347 e. The lowest BCUT2D eigenvalue weighted by molar-refractivity contribution is -0.147. The maximum Gasteiger partial charge on any atom is 0.347 e. The molecule has 1 aliphatic rings. The Balaban J connectivity index is 1.46. The number of ketones is 1. The lowest BCUT2D eigenvalue weighted by Crippen LogP contribution is -2.17. The van der Waals surface area contributed by atoms with Gasteiger partial charge in [-0.25, -0.2) is 13.6 Å². The minimum Gasteiger partial charge on any atom is -0.455 e. The summed E-state index contributed by atoms with van der Waals surface area (Å²) in [4.78, 5) is 28.4. The summed E-state index contributed by atoms with van der Waals surface area (Å²) in [7, 11) is 0. The van der Waals surface area contributed by atoms with Crippen LogP contribution in [0.5, 0.6) is 11.5 Å². The van der Waals surface area contributed by atoms with Crippen LogP contribution in [0, 0.1) is 11.6 Å². The molecule has 1 heterocycles. The molecule has 0 saturated heterocycles. The standard InChI is InChI=1S/C19H15F2NO6/c1-11(12-3-5-17-18(7-12)27-10-26-17)22-28-9-19(24)25-8-16(23)13-2-4-14(20)15(21)6-13/h2-7H,8-10H2,1H3/b22-11-. The average molecular weight is 391 g/mol. The molecule has 0 unspecified atom stereocenters. The molecule has 0 spiro atoms. The molecule has 1 aliphatic heterocycles. The van der Waals surface area contributed by atoms with Crippen LogP contribution in [0.4, 0.5) is 8.78 Å². The summed E-state index contributed by atoms with van der Waals surface area (Å²) in [5.41, 5.74) is 1.10. The van der Waals surface area contributed by atoms with E-state index in [0.717, 1.165) is 18.2 Å². The van der Waals surface area contributed by atoms with Crippen LogP contribution in [0.3, 0.4) is 0 Å². The Hall–Kier alpha value is -3.49. The van der Waals surface area contributed by atoms with Gasteiger partial charge in [0, 0.05) is 11.1 Å². The number of halogens is 2.